The third-order valence-corrected chi connectivity index (χ3v) is 5.19. The maximum Gasteiger partial charge on any atom is 0.321 e. The average molecular weight is 403 g/mol. The van der Waals surface area contributed by atoms with Crippen molar-refractivity contribution in [1.29, 1.82) is 0 Å². The molecule has 0 bridgehead atoms. The molecule has 154 valence electrons. The first-order valence-corrected chi connectivity index (χ1v) is 10.2. The van der Waals surface area contributed by atoms with Crippen LogP contribution in [0.2, 0.25) is 0 Å². The summed E-state index contributed by atoms with van der Waals surface area (Å²) in [5, 5.41) is 10.2. The molecule has 3 amide bonds. The van der Waals surface area contributed by atoms with E-state index in [4.69, 9.17) is 0 Å². The van der Waals surface area contributed by atoms with Crippen LogP contribution in [0.3, 0.4) is 0 Å². The van der Waals surface area contributed by atoms with Gasteiger partial charge in [0.25, 0.3) is 0 Å². The minimum atomic E-state index is -0.542. The molecule has 3 aromatic rings. The fraction of sp³-hybridized carbons (Fsp3) is 0.261. The van der Waals surface area contributed by atoms with E-state index >= 15 is 0 Å². The average Bonchev–Trinajstić information content (AvgIpc) is 3.48. The van der Waals surface area contributed by atoms with E-state index in [0.29, 0.717) is 6.54 Å². The van der Waals surface area contributed by atoms with Crippen LogP contribution in [0.15, 0.2) is 73.1 Å². The van der Waals surface area contributed by atoms with E-state index in [1.165, 1.54) is 0 Å². The van der Waals surface area contributed by atoms with Crippen LogP contribution in [-0.2, 0) is 11.3 Å². The van der Waals surface area contributed by atoms with Crippen LogP contribution >= 0.6 is 0 Å². The zero-order valence-electron chi connectivity index (χ0n) is 16.7. The smallest absolute Gasteiger partial charge is 0.321 e. The topological polar surface area (TPSA) is 79.3 Å². The number of nitrogens with zero attached hydrogens (tertiary/aromatic N) is 3. The molecular formula is C23H25N5O2. The van der Waals surface area contributed by atoms with Gasteiger partial charge >= 0.3 is 6.03 Å². The minimum absolute atomic E-state index is 0.0727. The predicted octanol–water partition coefficient (Wildman–Crippen LogP) is 3.42. The van der Waals surface area contributed by atoms with Gasteiger partial charge in [-0.2, -0.15) is 5.10 Å². The molecule has 7 heteroatoms. The fourth-order valence-electron chi connectivity index (χ4n) is 3.66. The highest BCUT2D eigenvalue weighted by Gasteiger charge is 2.22. The number of benzene rings is 2. The summed E-state index contributed by atoms with van der Waals surface area (Å²) in [7, 11) is 0. The number of rotatable bonds is 6. The number of carbonyl (C=O) groups is 2. The van der Waals surface area contributed by atoms with Crippen LogP contribution in [0.1, 0.15) is 30.0 Å². The highest BCUT2D eigenvalue weighted by Crippen LogP contribution is 2.18. The van der Waals surface area contributed by atoms with E-state index in [2.05, 4.69) is 15.7 Å². The van der Waals surface area contributed by atoms with Gasteiger partial charge in [-0.15, -0.1) is 0 Å². The summed E-state index contributed by atoms with van der Waals surface area (Å²) >= 11 is 0. The van der Waals surface area contributed by atoms with Crippen molar-refractivity contribution in [2.75, 3.05) is 18.4 Å². The number of carbonyl (C=O) groups excluding carboxylic acids is 2. The fourth-order valence-corrected chi connectivity index (χ4v) is 3.66. The molecule has 1 atom stereocenters. The highest BCUT2D eigenvalue weighted by atomic mass is 16.2. The number of urea groups is 1. The number of nitrogens with one attached hydrogen (secondary N) is 2. The van der Waals surface area contributed by atoms with E-state index in [9.17, 15) is 9.59 Å². The number of hydrogen-bond acceptors (Lipinski definition) is 3. The summed E-state index contributed by atoms with van der Waals surface area (Å²) in [5.74, 6) is -0.142. The van der Waals surface area contributed by atoms with Crippen LogP contribution in [0.4, 0.5) is 10.5 Å². The van der Waals surface area contributed by atoms with Crippen LogP contribution in [0.25, 0.3) is 0 Å². The zero-order chi connectivity index (χ0) is 20.8. The Labute approximate surface area is 175 Å². The number of hydrogen-bond donors (Lipinski definition) is 2. The standard InChI is InChI=1S/C23H25N5O2/c29-22(21(28-15-7-12-25-28)19-9-2-1-3-10-19)24-17-18-8-6-11-20(16-18)26-23(30)27-13-4-5-14-27/h1-3,6-12,15-16,21H,4-5,13-14,17H2,(H,24,29)(H,26,30). The van der Waals surface area contributed by atoms with Gasteiger partial charge < -0.3 is 15.5 Å². The largest absolute Gasteiger partial charge is 0.350 e. The van der Waals surface area contributed by atoms with Gasteiger partial charge in [-0.05, 0) is 42.2 Å². The van der Waals surface area contributed by atoms with Crippen molar-refractivity contribution in [2.24, 2.45) is 0 Å². The third-order valence-electron chi connectivity index (χ3n) is 5.19. The Kier molecular flexibility index (Phi) is 6.08. The molecule has 2 aromatic carbocycles. The molecule has 30 heavy (non-hydrogen) atoms. The van der Waals surface area contributed by atoms with E-state index in [0.717, 1.165) is 42.7 Å². The Morgan fingerprint density at radius 1 is 1.00 bits per heavy atom. The number of aromatic nitrogens is 2. The second kappa shape index (κ2) is 9.26. The first-order chi connectivity index (χ1) is 14.7. The van der Waals surface area contributed by atoms with Gasteiger partial charge in [0.05, 0.1) is 0 Å². The second-order valence-corrected chi connectivity index (χ2v) is 7.34. The number of anilines is 1. The molecule has 0 radical (unpaired) electrons. The first kappa shape index (κ1) is 19.7. The Balaban J connectivity index is 1.42. The van der Waals surface area contributed by atoms with Gasteiger partial charge in [0.15, 0.2) is 6.04 Å². The van der Waals surface area contributed by atoms with Crippen molar-refractivity contribution in [2.45, 2.75) is 25.4 Å². The molecule has 1 aromatic heterocycles. The number of likely N-dealkylation sites (tertiary alicyclic amines) is 1. The Morgan fingerprint density at radius 3 is 2.53 bits per heavy atom. The normalized spacial score (nSPS) is 14.3. The van der Waals surface area contributed by atoms with Gasteiger partial charge in [-0.1, -0.05) is 42.5 Å². The van der Waals surface area contributed by atoms with E-state index in [1.54, 1.807) is 23.1 Å². The summed E-state index contributed by atoms with van der Waals surface area (Å²) in [5.41, 5.74) is 2.51. The minimum Gasteiger partial charge on any atom is -0.350 e. The van der Waals surface area contributed by atoms with Crippen molar-refractivity contribution in [3.05, 3.63) is 84.2 Å². The van der Waals surface area contributed by atoms with Crippen LogP contribution in [0.5, 0.6) is 0 Å². The maximum atomic E-state index is 13.0. The van der Waals surface area contributed by atoms with Crippen LogP contribution in [0, 0.1) is 0 Å². The molecule has 4 rings (SSSR count). The zero-order valence-corrected chi connectivity index (χ0v) is 16.7. The highest BCUT2D eigenvalue weighted by molar-refractivity contribution is 5.89. The monoisotopic (exact) mass is 403 g/mol. The molecule has 1 saturated heterocycles. The van der Waals surface area contributed by atoms with Crippen molar-refractivity contribution >= 4 is 17.6 Å². The third kappa shape index (κ3) is 4.68. The predicted molar refractivity (Wildman–Crippen MR) is 115 cm³/mol. The quantitative estimate of drug-likeness (QED) is 0.662. The lowest BCUT2D eigenvalue weighted by Crippen LogP contribution is -2.33. The summed E-state index contributed by atoms with van der Waals surface area (Å²) in [6.07, 6.45) is 5.55. The summed E-state index contributed by atoms with van der Waals surface area (Å²) in [6, 6.07) is 18.3. The van der Waals surface area contributed by atoms with E-state index in [1.807, 2.05) is 59.5 Å². The molecule has 0 aliphatic carbocycles. The number of amides is 3. The van der Waals surface area contributed by atoms with Crippen molar-refractivity contribution < 1.29 is 9.59 Å². The summed E-state index contributed by atoms with van der Waals surface area (Å²) in [6.45, 7) is 1.96. The van der Waals surface area contributed by atoms with Crippen molar-refractivity contribution in [3.63, 3.8) is 0 Å². The SMILES string of the molecule is O=C(NCc1cccc(NC(=O)N2CCCC2)c1)C(c1ccccc1)n1cccn1. The first-order valence-electron chi connectivity index (χ1n) is 10.2. The van der Waals surface area contributed by atoms with E-state index in [-0.39, 0.29) is 11.9 Å². The lowest BCUT2D eigenvalue weighted by atomic mass is 10.1. The molecule has 2 heterocycles. The molecule has 7 nitrogen and oxygen atoms in total. The molecule has 1 aliphatic rings. The molecule has 0 spiro atoms. The lowest BCUT2D eigenvalue weighted by molar-refractivity contribution is -0.123. The van der Waals surface area contributed by atoms with Gasteiger partial charge in [-0.3, -0.25) is 9.48 Å². The van der Waals surface area contributed by atoms with Crippen LogP contribution in [-0.4, -0.2) is 39.7 Å². The maximum absolute atomic E-state index is 13.0. The van der Waals surface area contributed by atoms with Crippen LogP contribution < -0.4 is 10.6 Å². The Hall–Kier alpha value is -3.61. The second-order valence-electron chi connectivity index (χ2n) is 7.34. The molecule has 0 saturated carbocycles. The summed E-state index contributed by atoms with van der Waals surface area (Å²) < 4.78 is 1.65. The molecule has 1 unspecified atom stereocenters. The van der Waals surface area contributed by atoms with Gasteiger partial charge in [0, 0.05) is 37.7 Å². The molecular weight excluding hydrogens is 378 g/mol. The van der Waals surface area contributed by atoms with E-state index < -0.39 is 6.04 Å². The van der Waals surface area contributed by atoms with Gasteiger partial charge in [0.1, 0.15) is 0 Å². The van der Waals surface area contributed by atoms with Crippen molar-refractivity contribution in [1.82, 2.24) is 20.0 Å². The Morgan fingerprint density at radius 2 is 1.80 bits per heavy atom. The van der Waals surface area contributed by atoms with Gasteiger partial charge in [-0.25, -0.2) is 4.79 Å². The molecule has 2 N–H and O–H groups in total. The van der Waals surface area contributed by atoms with Crippen molar-refractivity contribution in [3.8, 4) is 0 Å². The molecule has 1 aliphatic heterocycles. The molecule has 1 fully saturated rings. The lowest BCUT2D eigenvalue weighted by Gasteiger charge is -2.18. The van der Waals surface area contributed by atoms with Gasteiger partial charge in [0.2, 0.25) is 5.91 Å². The summed E-state index contributed by atoms with van der Waals surface area (Å²) in [4.78, 5) is 27.1. The Bertz CT molecular complexity index is 982.